The van der Waals surface area contributed by atoms with Gasteiger partial charge in [-0.3, -0.25) is 14.4 Å². The predicted molar refractivity (Wildman–Crippen MR) is 515 cm³/mol. The highest BCUT2D eigenvalue weighted by Crippen LogP contribution is 2.49. The minimum absolute atomic E-state index is 0.246. The van der Waals surface area contributed by atoms with Gasteiger partial charge in [-0.05, 0) is 286 Å². The quantitative estimate of drug-likeness (QED) is 0.0358. The second-order valence-corrected chi connectivity index (χ2v) is 52.8. The molecule has 36 heteroatoms. The summed E-state index contributed by atoms with van der Waals surface area (Å²) in [4.78, 5) is 124. The standard InChI is InChI=1S/C46H74N4O12.C32H57N3O9.C26H40N2O6/c1-39(2)19-27(20-40(3,4)47(39)55)59-35(51)31-17-33(37(53)61-29-23-43(9,10)49(57)44(11,12)24-29)34(38(54)62-30-25-45(13,14)50(58)46(15,16)26-30)18-32(31)36(52)60-28-21-41(5,6)48(56)42(7,8)22-28;1-27(2)14-20(15-28(3,4)33(27)39)42-24(36)13-23(25(37)43-21-16-29(5,6)34(40)30(7,8)17-21)26(38)44-22-18-31(9,10)35(41)32(11,12)19-22;1-23(2)13-19(14-24(3,4)27(23)31)33-21(29)17-9-11-18(12-10-17)22(30)34-20-15-25(5,6)28(32)26(7,8)16-20/h17-18,27-30,55-58H,19-26H2,1-16H3;20-23,39-41H,13-19H2,1-12H3;9-12,19-20,31-32H,13-16H2,1-8H3. The van der Waals surface area contributed by atoms with Gasteiger partial charge in [-0.2, -0.15) is 45.6 Å². The van der Waals surface area contributed by atoms with Gasteiger partial charge in [-0.25, -0.2) is 28.8 Å². The molecule has 0 bridgehead atoms. The molecule has 9 aliphatic heterocycles. The van der Waals surface area contributed by atoms with Gasteiger partial charge in [0.25, 0.3) is 0 Å². The smallest absolute Gasteiger partial charge is 0.339 e. The van der Waals surface area contributed by atoms with Crippen molar-refractivity contribution in [2.24, 2.45) is 5.92 Å². The van der Waals surface area contributed by atoms with Crippen LogP contribution in [-0.2, 0) is 57.0 Å². The second-order valence-electron chi connectivity index (χ2n) is 52.8. The lowest BCUT2D eigenvalue weighted by molar-refractivity contribution is -0.262. The molecule has 140 heavy (non-hydrogen) atoms. The molecule has 2 aromatic carbocycles. The number of benzene rings is 2. The van der Waals surface area contributed by atoms with E-state index < -0.39 is 208 Å². The molecule has 0 saturated carbocycles. The summed E-state index contributed by atoms with van der Waals surface area (Å²) < 4.78 is 53.6. The Bertz CT molecular complexity index is 4290. The predicted octanol–water partition coefficient (Wildman–Crippen LogP) is 17.6. The Hall–Kier alpha value is -7.05. The zero-order valence-corrected chi connectivity index (χ0v) is 90.6. The molecule has 36 nitrogen and oxygen atoms in total. The summed E-state index contributed by atoms with van der Waals surface area (Å²) in [5.74, 6) is -8.75. The fraction of sp³-hybridized carbons (Fsp3) is 0.798. The Morgan fingerprint density at radius 3 is 0.479 bits per heavy atom. The van der Waals surface area contributed by atoms with E-state index in [1.165, 1.54) is 45.6 Å². The van der Waals surface area contributed by atoms with Crippen LogP contribution in [0.15, 0.2) is 36.4 Å². The monoisotopic (exact) mass is 1980 g/mol. The maximum absolute atomic E-state index is 14.6. The van der Waals surface area contributed by atoms with Gasteiger partial charge < -0.3 is 89.5 Å². The Balaban J connectivity index is 0.000000246. The van der Waals surface area contributed by atoms with Gasteiger partial charge in [0.1, 0.15) is 54.9 Å². The molecule has 0 radical (unpaired) electrons. The maximum Gasteiger partial charge on any atom is 0.339 e. The number of carbonyl (C=O) groups is 9. The lowest BCUT2D eigenvalue weighted by Gasteiger charge is -2.51. The average Bonchev–Trinajstić information content (AvgIpc) is 0.779. The van der Waals surface area contributed by atoms with Crippen LogP contribution in [0, 0.1) is 5.92 Å². The molecule has 0 aromatic heterocycles. The number of ether oxygens (including phenoxy) is 9. The third-order valence-electron chi connectivity index (χ3n) is 30.2. The highest BCUT2D eigenvalue weighted by atomic mass is 16.6. The van der Waals surface area contributed by atoms with Crippen molar-refractivity contribution < 1.29 is 133 Å². The topological polar surface area (TPSA) is 448 Å². The van der Waals surface area contributed by atoms with E-state index in [4.69, 9.17) is 42.6 Å². The van der Waals surface area contributed by atoms with Gasteiger partial charge >= 0.3 is 53.7 Å². The number of hydrogen-bond acceptors (Lipinski definition) is 36. The van der Waals surface area contributed by atoms with Crippen molar-refractivity contribution in [1.29, 1.82) is 0 Å². The lowest BCUT2D eigenvalue weighted by Crippen LogP contribution is -2.61. The Morgan fingerprint density at radius 1 is 0.214 bits per heavy atom. The molecule has 9 N–H and O–H groups in total. The van der Waals surface area contributed by atoms with Gasteiger partial charge in [0, 0.05) is 215 Å². The van der Waals surface area contributed by atoms with Crippen LogP contribution < -0.4 is 0 Å². The van der Waals surface area contributed by atoms with Crippen molar-refractivity contribution in [3.8, 4) is 0 Å². The first-order valence-corrected chi connectivity index (χ1v) is 49.6. The zero-order chi connectivity index (χ0) is 107. The van der Waals surface area contributed by atoms with E-state index >= 15 is 0 Å². The molecule has 0 aliphatic carbocycles. The minimum Gasteiger partial charge on any atom is -0.462 e. The fourth-order valence-corrected chi connectivity index (χ4v) is 24.8. The van der Waals surface area contributed by atoms with Crippen molar-refractivity contribution in [1.82, 2.24) is 45.6 Å². The summed E-state index contributed by atoms with van der Waals surface area (Å²) in [6, 6.07) is 8.56. The fourth-order valence-electron chi connectivity index (χ4n) is 24.8. The van der Waals surface area contributed by atoms with Crippen molar-refractivity contribution in [3.63, 3.8) is 0 Å². The molecule has 9 aliphatic rings. The van der Waals surface area contributed by atoms with Gasteiger partial charge in [0.15, 0.2) is 5.92 Å². The first-order valence-electron chi connectivity index (χ1n) is 49.6. The summed E-state index contributed by atoms with van der Waals surface area (Å²) >= 11 is 0. The van der Waals surface area contributed by atoms with Crippen molar-refractivity contribution in [2.45, 2.75) is 526 Å². The van der Waals surface area contributed by atoms with Crippen LogP contribution in [0.1, 0.15) is 433 Å². The van der Waals surface area contributed by atoms with Crippen LogP contribution in [0.2, 0.25) is 0 Å². The van der Waals surface area contributed by atoms with Crippen LogP contribution in [0.5, 0.6) is 0 Å². The second kappa shape index (κ2) is 40.3. The summed E-state index contributed by atoms with van der Waals surface area (Å²) in [6.45, 7) is 66.7. The molecule has 0 amide bonds. The van der Waals surface area contributed by atoms with E-state index in [0.29, 0.717) is 75.3 Å². The van der Waals surface area contributed by atoms with Crippen LogP contribution in [0.4, 0.5) is 0 Å². The van der Waals surface area contributed by atoms with Crippen LogP contribution in [0.25, 0.3) is 0 Å². The number of nitrogens with zero attached hydrogens (tertiary/aromatic N) is 9. The third kappa shape index (κ3) is 26.5. The van der Waals surface area contributed by atoms with Crippen molar-refractivity contribution in [3.05, 3.63) is 69.8 Å². The van der Waals surface area contributed by atoms with E-state index in [1.807, 2.05) is 249 Å². The highest BCUT2D eigenvalue weighted by Gasteiger charge is 2.57. The first-order chi connectivity index (χ1) is 63.1. The molecule has 0 unspecified atom stereocenters. The Morgan fingerprint density at radius 2 is 0.336 bits per heavy atom. The molecule has 794 valence electrons. The summed E-state index contributed by atoms with van der Waals surface area (Å²) in [7, 11) is 0. The SMILES string of the molecule is CC1(C)CC(OC(=O)CC(C(=O)OC2CC(C)(C)N(O)C(C)(C)C2)C(=O)OC2CC(C)(C)N(O)C(C)(C)C2)CC(C)(C)N1O.CC1(C)CC(OC(=O)c2cc(C(=O)OC3CC(C)(C)N(O)C(C)(C)C3)c(C(=O)OC3CC(C)(C)N(O)C(C)(C)C3)cc2C(=O)OC2CC(C)(C)N(O)C(C)(C)C2)CC(C)(C)N1O.CC1(C)CC(OC(=O)c2ccc(C(=O)OC3CC(C)(C)N(O)C(C)(C)C3)cc2)CC(C)(C)N1O. The molecule has 11 rings (SSSR count). The largest absolute Gasteiger partial charge is 0.462 e. The number of carbonyl (C=O) groups excluding carboxylic acids is 9. The molecule has 9 fully saturated rings. The number of rotatable bonds is 19. The average molecular weight is 1980 g/mol. The molecule has 0 atom stereocenters. The molecule has 2 aromatic rings. The number of hydroxylamine groups is 18. The van der Waals surface area contributed by atoms with Gasteiger partial charge in [-0.1, -0.05) is 0 Å². The van der Waals surface area contributed by atoms with E-state index in [0.717, 1.165) is 12.1 Å². The number of hydrogen-bond donors (Lipinski definition) is 9. The number of esters is 9. The normalized spacial score (nSPS) is 26.5. The molecular weight excluding hydrogens is 1810 g/mol. The van der Waals surface area contributed by atoms with Gasteiger partial charge in [-0.15, -0.1) is 0 Å². The summed E-state index contributed by atoms with van der Waals surface area (Å²) in [5, 5.41) is 108. The van der Waals surface area contributed by atoms with E-state index in [-0.39, 0.29) is 85.8 Å². The summed E-state index contributed by atoms with van der Waals surface area (Å²) in [6.07, 6.45) is 0.261. The molecule has 9 saturated heterocycles. The first kappa shape index (κ1) is 117. The molecule has 9 heterocycles. The van der Waals surface area contributed by atoms with Gasteiger partial charge in [0.05, 0.1) is 39.8 Å². The molecule has 0 spiro atoms. The number of piperidine rings is 9. The minimum atomic E-state index is -1.56. The van der Waals surface area contributed by atoms with Crippen LogP contribution in [-0.4, -0.2) is 301 Å². The third-order valence-corrected chi connectivity index (χ3v) is 30.2. The van der Waals surface area contributed by atoms with Gasteiger partial charge in [0.2, 0.25) is 0 Å². The van der Waals surface area contributed by atoms with E-state index in [1.54, 1.807) is 24.3 Å². The maximum atomic E-state index is 14.6. The van der Waals surface area contributed by atoms with Crippen molar-refractivity contribution in [2.75, 3.05) is 0 Å². The van der Waals surface area contributed by atoms with E-state index in [9.17, 15) is 90.0 Å². The molecular formula is C104H171N9O27. The van der Waals surface area contributed by atoms with Crippen LogP contribution in [0.3, 0.4) is 0 Å². The van der Waals surface area contributed by atoms with Crippen molar-refractivity contribution >= 4 is 53.7 Å². The lowest BCUT2D eigenvalue weighted by atomic mass is 9.80. The van der Waals surface area contributed by atoms with Crippen LogP contribution >= 0.6 is 0 Å². The summed E-state index contributed by atoms with van der Waals surface area (Å²) in [5.41, 5.74) is -13.1. The Labute approximate surface area is 829 Å². The Kier molecular flexibility index (Phi) is 33.5. The van der Waals surface area contributed by atoms with E-state index in [2.05, 4.69) is 0 Å². The highest BCUT2D eigenvalue weighted by molar-refractivity contribution is 6.10. The zero-order valence-electron chi connectivity index (χ0n) is 90.6.